The van der Waals surface area contributed by atoms with Crippen molar-refractivity contribution in [2.75, 3.05) is 5.32 Å². The third-order valence-corrected chi connectivity index (χ3v) is 3.78. The Morgan fingerprint density at radius 2 is 2.00 bits per heavy atom. The zero-order valence-electron chi connectivity index (χ0n) is 13.5. The first-order valence-electron chi connectivity index (χ1n) is 7.14. The molecule has 0 spiro atoms. The van der Waals surface area contributed by atoms with Crippen molar-refractivity contribution in [1.29, 1.82) is 0 Å². The van der Waals surface area contributed by atoms with Gasteiger partial charge in [0.1, 0.15) is 12.3 Å². The van der Waals surface area contributed by atoms with Crippen LogP contribution in [0.3, 0.4) is 0 Å². The van der Waals surface area contributed by atoms with E-state index in [2.05, 4.69) is 15.2 Å². The van der Waals surface area contributed by atoms with Crippen molar-refractivity contribution in [1.82, 2.24) is 9.78 Å². The summed E-state index contributed by atoms with van der Waals surface area (Å²) in [7, 11) is 0. The Morgan fingerprint density at radius 3 is 2.54 bits per heavy atom. The van der Waals surface area contributed by atoms with Crippen LogP contribution < -0.4 is 10.1 Å². The lowest BCUT2D eigenvalue weighted by Crippen LogP contribution is -2.21. The normalized spacial score (nSPS) is 11.7. The molecule has 2 rings (SSSR count). The van der Waals surface area contributed by atoms with Crippen LogP contribution >= 0.6 is 11.6 Å². The summed E-state index contributed by atoms with van der Waals surface area (Å²) in [5.41, 5.74) is -0.792. The van der Waals surface area contributed by atoms with Crippen LogP contribution in [0.4, 0.5) is 27.6 Å². The molecule has 1 amide bonds. The largest absolute Gasteiger partial charge is 0.436 e. The van der Waals surface area contributed by atoms with E-state index in [4.69, 9.17) is 11.6 Å². The highest BCUT2D eigenvalue weighted by molar-refractivity contribution is 6.32. The second kappa shape index (κ2) is 7.48. The monoisotopic (exact) mass is 397 g/mol. The quantitative estimate of drug-likeness (QED) is 0.760. The molecule has 1 N–H and O–H groups in total. The van der Waals surface area contributed by atoms with Gasteiger partial charge in [0.2, 0.25) is 5.91 Å². The summed E-state index contributed by atoms with van der Waals surface area (Å²) in [6.07, 6.45) is -4.77. The number of hydrogen-bond acceptors (Lipinski definition) is 3. The third kappa shape index (κ3) is 4.63. The zero-order valence-corrected chi connectivity index (χ0v) is 14.3. The van der Waals surface area contributed by atoms with Gasteiger partial charge in [-0.25, -0.2) is 0 Å². The number of anilines is 1. The molecule has 26 heavy (non-hydrogen) atoms. The first-order valence-corrected chi connectivity index (χ1v) is 7.52. The molecule has 2 aromatic rings. The van der Waals surface area contributed by atoms with E-state index in [1.807, 2.05) is 0 Å². The number of ether oxygens (including phenoxy) is 1. The van der Waals surface area contributed by atoms with E-state index in [1.165, 1.54) is 19.1 Å². The fraction of sp³-hybridized carbons (Fsp3) is 0.333. The van der Waals surface area contributed by atoms with E-state index in [1.54, 1.807) is 13.0 Å². The molecular formula is C15H13ClF5N3O2. The molecule has 0 saturated carbocycles. The van der Waals surface area contributed by atoms with E-state index < -0.39 is 36.0 Å². The first kappa shape index (κ1) is 20.0. The van der Waals surface area contributed by atoms with Gasteiger partial charge in [0, 0.05) is 0 Å². The Morgan fingerprint density at radius 1 is 1.35 bits per heavy atom. The molecule has 0 unspecified atom stereocenters. The van der Waals surface area contributed by atoms with Gasteiger partial charge in [0.15, 0.2) is 5.69 Å². The molecule has 0 aliphatic heterocycles. The molecule has 0 atom stereocenters. The van der Waals surface area contributed by atoms with E-state index >= 15 is 0 Å². The van der Waals surface area contributed by atoms with Crippen LogP contribution in [0.1, 0.15) is 17.0 Å². The maximum atomic E-state index is 12.8. The first-order chi connectivity index (χ1) is 12.0. The summed E-state index contributed by atoms with van der Waals surface area (Å²) in [5, 5.41) is 4.99. The maximum absolute atomic E-state index is 12.8. The standard InChI is InChI=1S/C15H13ClF5N3O2/c1-7-3-4-9(10(5-7)26-14(17)18)22-11(25)6-24-8(2)12(16)13(23-24)15(19,20)21/h3-5,14H,6H2,1-2H3,(H,22,25). The average Bonchev–Trinajstić information content (AvgIpc) is 2.78. The molecule has 0 bridgehead atoms. The molecule has 5 nitrogen and oxygen atoms in total. The number of aryl methyl sites for hydroxylation is 1. The van der Waals surface area contributed by atoms with Gasteiger partial charge in [-0.05, 0) is 31.5 Å². The minimum absolute atomic E-state index is 0.0483. The van der Waals surface area contributed by atoms with Crippen LogP contribution in [0.5, 0.6) is 5.75 Å². The van der Waals surface area contributed by atoms with Crippen LogP contribution in [0, 0.1) is 13.8 Å². The van der Waals surface area contributed by atoms with Gasteiger partial charge < -0.3 is 10.1 Å². The van der Waals surface area contributed by atoms with Crippen LogP contribution in [0.15, 0.2) is 18.2 Å². The molecule has 1 aromatic heterocycles. The number of hydrogen-bond donors (Lipinski definition) is 1. The molecule has 0 radical (unpaired) electrons. The summed E-state index contributed by atoms with van der Waals surface area (Å²) in [5.74, 6) is -1.05. The molecule has 1 heterocycles. The van der Waals surface area contributed by atoms with Crippen molar-refractivity contribution in [3.8, 4) is 5.75 Å². The number of aromatic nitrogens is 2. The van der Waals surface area contributed by atoms with Gasteiger partial charge in [0.25, 0.3) is 0 Å². The van der Waals surface area contributed by atoms with Crippen molar-refractivity contribution in [3.05, 3.63) is 40.2 Å². The Kier molecular flexibility index (Phi) is 5.74. The Bertz CT molecular complexity index is 820. The second-order valence-electron chi connectivity index (χ2n) is 5.33. The number of halogens is 6. The molecular weight excluding hydrogens is 385 g/mol. The van der Waals surface area contributed by atoms with Crippen LogP contribution in [0.2, 0.25) is 5.02 Å². The lowest BCUT2D eigenvalue weighted by molar-refractivity contribution is -0.141. The maximum Gasteiger partial charge on any atom is 0.436 e. The van der Waals surface area contributed by atoms with E-state index in [-0.39, 0.29) is 17.1 Å². The van der Waals surface area contributed by atoms with E-state index in [0.29, 0.717) is 5.56 Å². The lowest BCUT2D eigenvalue weighted by atomic mass is 10.2. The number of nitrogens with zero attached hydrogens (tertiary/aromatic N) is 2. The van der Waals surface area contributed by atoms with Gasteiger partial charge in [-0.15, -0.1) is 0 Å². The molecule has 142 valence electrons. The van der Waals surface area contributed by atoms with Crippen molar-refractivity contribution >= 4 is 23.2 Å². The predicted molar refractivity (Wildman–Crippen MR) is 83.4 cm³/mol. The highest BCUT2D eigenvalue weighted by Gasteiger charge is 2.38. The lowest BCUT2D eigenvalue weighted by Gasteiger charge is -2.13. The van der Waals surface area contributed by atoms with Crippen LogP contribution in [-0.2, 0) is 17.5 Å². The number of benzene rings is 1. The Balaban J connectivity index is 2.20. The minimum Gasteiger partial charge on any atom is -0.433 e. The van der Waals surface area contributed by atoms with Crippen molar-refractivity contribution < 1.29 is 31.5 Å². The zero-order chi connectivity index (χ0) is 19.6. The van der Waals surface area contributed by atoms with Gasteiger partial charge in [-0.1, -0.05) is 17.7 Å². The fourth-order valence-electron chi connectivity index (χ4n) is 2.11. The fourth-order valence-corrected chi connectivity index (χ4v) is 2.35. The summed E-state index contributed by atoms with van der Waals surface area (Å²) in [6, 6.07) is 4.18. The average molecular weight is 398 g/mol. The highest BCUT2D eigenvalue weighted by atomic mass is 35.5. The van der Waals surface area contributed by atoms with Gasteiger partial charge in [-0.3, -0.25) is 9.48 Å². The predicted octanol–water partition coefficient (Wildman–Crippen LogP) is 4.41. The molecule has 11 heteroatoms. The van der Waals surface area contributed by atoms with E-state index in [0.717, 1.165) is 4.68 Å². The van der Waals surface area contributed by atoms with Crippen molar-refractivity contribution in [2.45, 2.75) is 33.2 Å². The summed E-state index contributed by atoms with van der Waals surface area (Å²) in [4.78, 5) is 12.1. The summed E-state index contributed by atoms with van der Waals surface area (Å²) in [6.45, 7) is -0.787. The molecule has 0 aliphatic rings. The van der Waals surface area contributed by atoms with E-state index in [9.17, 15) is 26.7 Å². The number of carbonyl (C=O) groups excluding carboxylic acids is 1. The van der Waals surface area contributed by atoms with Crippen molar-refractivity contribution in [2.24, 2.45) is 0 Å². The van der Waals surface area contributed by atoms with Gasteiger partial charge in [0.05, 0.1) is 16.4 Å². The summed E-state index contributed by atoms with van der Waals surface area (Å²) >= 11 is 5.60. The molecule has 0 aliphatic carbocycles. The molecule has 1 aromatic carbocycles. The molecule has 0 saturated heterocycles. The topological polar surface area (TPSA) is 56.2 Å². The number of carbonyl (C=O) groups is 1. The SMILES string of the molecule is Cc1ccc(NC(=O)Cn2nc(C(F)(F)F)c(Cl)c2C)c(OC(F)F)c1. The smallest absolute Gasteiger partial charge is 0.433 e. The van der Waals surface area contributed by atoms with Crippen LogP contribution in [-0.4, -0.2) is 22.3 Å². The Hall–Kier alpha value is -2.36. The summed E-state index contributed by atoms with van der Waals surface area (Å²) < 4.78 is 68.4. The number of amides is 1. The Labute approximate surface area is 149 Å². The van der Waals surface area contributed by atoms with Crippen LogP contribution in [0.25, 0.3) is 0 Å². The highest BCUT2D eigenvalue weighted by Crippen LogP contribution is 2.35. The third-order valence-electron chi connectivity index (χ3n) is 3.32. The molecule has 0 fully saturated rings. The minimum atomic E-state index is -4.77. The van der Waals surface area contributed by atoms with Gasteiger partial charge in [-0.2, -0.15) is 27.1 Å². The second-order valence-corrected chi connectivity index (χ2v) is 5.71. The number of alkyl halides is 5. The van der Waals surface area contributed by atoms with Gasteiger partial charge >= 0.3 is 12.8 Å². The number of nitrogens with one attached hydrogen (secondary N) is 1. The van der Waals surface area contributed by atoms with Crippen molar-refractivity contribution in [3.63, 3.8) is 0 Å². The number of rotatable bonds is 5.